The van der Waals surface area contributed by atoms with Crippen molar-refractivity contribution in [3.63, 3.8) is 0 Å². The van der Waals surface area contributed by atoms with Gasteiger partial charge < -0.3 is 19.9 Å². The number of ether oxygens (including phenoxy) is 1. The second-order valence-corrected chi connectivity index (χ2v) is 5.07. The van der Waals surface area contributed by atoms with E-state index in [1.165, 1.54) is 7.11 Å². The molecule has 0 bridgehead atoms. The Balaban J connectivity index is 2.13. The minimum absolute atomic E-state index is 0.0872. The predicted octanol–water partition coefficient (Wildman–Crippen LogP) is 0.675. The van der Waals surface area contributed by atoms with Crippen LogP contribution in [0.5, 0.6) is 0 Å². The van der Waals surface area contributed by atoms with Crippen molar-refractivity contribution in [3.8, 4) is 0 Å². The predicted molar refractivity (Wildman–Crippen MR) is 72.9 cm³/mol. The molecule has 1 aliphatic rings. The van der Waals surface area contributed by atoms with Gasteiger partial charge in [0.25, 0.3) is 0 Å². The molecule has 0 aromatic heterocycles. The molecule has 1 fully saturated rings. The van der Waals surface area contributed by atoms with Crippen LogP contribution in [0, 0.1) is 0 Å². The highest BCUT2D eigenvalue weighted by atomic mass is 16.5. The van der Waals surface area contributed by atoms with Gasteiger partial charge in [0.05, 0.1) is 7.11 Å². The van der Waals surface area contributed by atoms with Crippen molar-refractivity contribution < 1.29 is 14.3 Å². The van der Waals surface area contributed by atoms with Gasteiger partial charge in [-0.2, -0.15) is 0 Å². The fourth-order valence-electron chi connectivity index (χ4n) is 2.20. The average molecular weight is 271 g/mol. The van der Waals surface area contributed by atoms with Crippen LogP contribution in [-0.2, 0) is 9.53 Å². The van der Waals surface area contributed by atoms with Crippen LogP contribution in [0.2, 0.25) is 0 Å². The maximum atomic E-state index is 11.8. The molecule has 0 atom stereocenters. The summed E-state index contributed by atoms with van der Waals surface area (Å²) in [6, 6.07) is 0.535. The molecule has 0 aliphatic carbocycles. The van der Waals surface area contributed by atoms with E-state index in [4.69, 9.17) is 0 Å². The summed E-state index contributed by atoms with van der Waals surface area (Å²) < 4.78 is 4.59. The van der Waals surface area contributed by atoms with Crippen LogP contribution >= 0.6 is 0 Å². The molecule has 0 unspecified atom stereocenters. The highest BCUT2D eigenvalue weighted by Crippen LogP contribution is 2.11. The summed E-state index contributed by atoms with van der Waals surface area (Å²) in [6.07, 6.45) is 3.20. The number of hydrogen-bond donors (Lipinski definition) is 1. The van der Waals surface area contributed by atoms with Gasteiger partial charge >= 0.3 is 12.0 Å². The summed E-state index contributed by atoms with van der Waals surface area (Å²) in [5.41, 5.74) is 0. The van der Waals surface area contributed by atoms with Gasteiger partial charge in [0.1, 0.15) is 0 Å². The Morgan fingerprint density at radius 3 is 2.47 bits per heavy atom. The van der Waals surface area contributed by atoms with Crippen molar-refractivity contribution in [2.24, 2.45) is 0 Å². The third-order valence-corrected chi connectivity index (χ3v) is 3.37. The Morgan fingerprint density at radius 2 is 1.95 bits per heavy atom. The van der Waals surface area contributed by atoms with Gasteiger partial charge in [-0.15, -0.1) is 0 Å². The number of nitrogens with zero attached hydrogens (tertiary/aromatic N) is 2. The molecule has 1 N–H and O–H groups in total. The molecule has 1 rings (SSSR count). The van der Waals surface area contributed by atoms with Gasteiger partial charge in [-0.3, -0.25) is 4.79 Å². The Kier molecular flexibility index (Phi) is 6.62. The lowest BCUT2D eigenvalue weighted by Crippen LogP contribution is -2.48. The molecule has 110 valence electrons. The third-order valence-electron chi connectivity index (χ3n) is 3.37. The number of carbonyl (C=O) groups is 2. The number of methoxy groups -OCH3 is 1. The normalized spacial score (nSPS) is 16.3. The maximum Gasteiger partial charge on any atom is 0.319 e. The van der Waals surface area contributed by atoms with Gasteiger partial charge in [-0.1, -0.05) is 0 Å². The van der Waals surface area contributed by atoms with E-state index < -0.39 is 0 Å². The summed E-state index contributed by atoms with van der Waals surface area (Å²) in [5, 5.41) is 3.43. The van der Waals surface area contributed by atoms with Gasteiger partial charge in [-0.05, 0) is 25.8 Å². The fraction of sp³-hybridized carbons (Fsp3) is 0.846. The third kappa shape index (κ3) is 5.46. The number of urea groups is 1. The summed E-state index contributed by atoms with van der Waals surface area (Å²) in [4.78, 5) is 26.2. The Morgan fingerprint density at radius 1 is 1.32 bits per heavy atom. The quantitative estimate of drug-likeness (QED) is 0.590. The zero-order valence-electron chi connectivity index (χ0n) is 12.1. The highest BCUT2D eigenvalue weighted by Gasteiger charge is 2.23. The smallest absolute Gasteiger partial charge is 0.319 e. The second-order valence-electron chi connectivity index (χ2n) is 5.07. The molecule has 1 aliphatic heterocycles. The first kappa shape index (κ1) is 15.8. The topological polar surface area (TPSA) is 61.9 Å². The lowest BCUT2D eigenvalue weighted by molar-refractivity contribution is -0.140. The van der Waals surface area contributed by atoms with Crippen molar-refractivity contribution in [2.45, 2.75) is 31.7 Å². The summed E-state index contributed by atoms with van der Waals surface area (Å²) in [6.45, 7) is 2.42. The molecule has 2 amide bonds. The molecule has 0 aromatic carbocycles. The van der Waals surface area contributed by atoms with E-state index in [2.05, 4.69) is 10.1 Å². The highest BCUT2D eigenvalue weighted by molar-refractivity contribution is 5.73. The van der Waals surface area contributed by atoms with Crippen LogP contribution < -0.4 is 5.32 Å². The zero-order chi connectivity index (χ0) is 14.3. The molecule has 0 spiro atoms. The summed E-state index contributed by atoms with van der Waals surface area (Å²) in [5.74, 6) is -0.159. The molecule has 19 heavy (non-hydrogen) atoms. The number of likely N-dealkylation sites (tertiary alicyclic amines) is 1. The summed E-state index contributed by atoms with van der Waals surface area (Å²) >= 11 is 0. The fourth-order valence-corrected chi connectivity index (χ4v) is 2.20. The van der Waals surface area contributed by atoms with Gasteiger partial charge in [0.2, 0.25) is 0 Å². The van der Waals surface area contributed by atoms with E-state index in [0.717, 1.165) is 38.9 Å². The van der Waals surface area contributed by atoms with Crippen LogP contribution in [0.25, 0.3) is 0 Å². The van der Waals surface area contributed by atoms with E-state index >= 15 is 0 Å². The maximum absolute atomic E-state index is 11.8. The Bertz CT molecular complexity index is 300. The average Bonchev–Trinajstić information content (AvgIpc) is 2.43. The second kappa shape index (κ2) is 7.99. The van der Waals surface area contributed by atoms with Crippen molar-refractivity contribution in [3.05, 3.63) is 0 Å². The van der Waals surface area contributed by atoms with E-state index in [9.17, 15) is 9.59 Å². The molecule has 1 heterocycles. The molecular weight excluding hydrogens is 246 g/mol. The van der Waals surface area contributed by atoms with Gasteiger partial charge in [-0.25, -0.2) is 4.79 Å². The molecule has 0 aromatic rings. The van der Waals surface area contributed by atoms with Crippen LogP contribution in [0.4, 0.5) is 4.79 Å². The first-order valence-corrected chi connectivity index (χ1v) is 6.81. The number of carbonyl (C=O) groups excluding carboxylic acids is 2. The zero-order valence-corrected chi connectivity index (χ0v) is 12.1. The molecule has 6 nitrogen and oxygen atoms in total. The number of amides is 2. The van der Waals surface area contributed by atoms with Crippen molar-refractivity contribution in [1.29, 1.82) is 0 Å². The molecular formula is C13H25N3O3. The van der Waals surface area contributed by atoms with Crippen molar-refractivity contribution >= 4 is 12.0 Å². The van der Waals surface area contributed by atoms with Gasteiger partial charge in [0, 0.05) is 39.6 Å². The largest absolute Gasteiger partial charge is 0.469 e. The summed E-state index contributed by atoms with van der Waals surface area (Å²) in [7, 11) is 4.96. The lowest BCUT2D eigenvalue weighted by atomic mass is 10.1. The van der Waals surface area contributed by atoms with Crippen LogP contribution in [0.1, 0.15) is 25.7 Å². The standard InChI is InChI=1S/C13H25N3O3/c1-15(2)13(18)16-9-6-11(7-10-16)14-8-4-5-12(17)19-3/h11,14H,4-10H2,1-3H3. The van der Waals surface area contributed by atoms with Crippen LogP contribution in [0.15, 0.2) is 0 Å². The number of esters is 1. The number of hydrogen-bond acceptors (Lipinski definition) is 4. The first-order chi connectivity index (χ1) is 9.04. The number of rotatable bonds is 5. The molecule has 0 radical (unpaired) electrons. The minimum atomic E-state index is -0.159. The number of nitrogens with one attached hydrogen (secondary N) is 1. The monoisotopic (exact) mass is 271 g/mol. The van der Waals surface area contributed by atoms with Gasteiger partial charge in [0.15, 0.2) is 0 Å². The van der Waals surface area contributed by atoms with E-state index in [-0.39, 0.29) is 12.0 Å². The van der Waals surface area contributed by atoms with Crippen LogP contribution in [-0.4, -0.2) is 68.7 Å². The minimum Gasteiger partial charge on any atom is -0.469 e. The van der Waals surface area contributed by atoms with Crippen molar-refractivity contribution in [1.82, 2.24) is 15.1 Å². The Labute approximate surface area is 115 Å². The van der Waals surface area contributed by atoms with E-state index in [1.807, 2.05) is 4.90 Å². The number of piperidine rings is 1. The molecule has 1 saturated heterocycles. The van der Waals surface area contributed by atoms with E-state index in [0.29, 0.717) is 12.5 Å². The first-order valence-electron chi connectivity index (χ1n) is 6.81. The molecule has 6 heteroatoms. The van der Waals surface area contributed by atoms with Crippen molar-refractivity contribution in [2.75, 3.05) is 40.8 Å². The lowest BCUT2D eigenvalue weighted by Gasteiger charge is -2.34. The van der Waals surface area contributed by atoms with E-state index in [1.54, 1.807) is 19.0 Å². The van der Waals surface area contributed by atoms with Crippen LogP contribution in [0.3, 0.4) is 0 Å². The molecule has 0 saturated carbocycles. The SMILES string of the molecule is COC(=O)CCCNC1CCN(C(=O)N(C)C)CC1. The Hall–Kier alpha value is -1.30.